The molecule has 0 saturated heterocycles. The molecule has 1 aliphatic carbocycles. The summed E-state index contributed by atoms with van der Waals surface area (Å²) < 4.78 is 0. The number of nitrogens with two attached hydrogens (primary N) is 1. The van der Waals surface area contributed by atoms with Gasteiger partial charge in [-0.1, -0.05) is 32.6 Å². The lowest BCUT2D eigenvalue weighted by Gasteiger charge is -2.25. The van der Waals surface area contributed by atoms with Crippen LogP contribution in [-0.2, 0) is 4.79 Å². The molecule has 0 heterocycles. The molecule has 3 heteroatoms. The normalized spacial score (nSPS) is 19.7. The van der Waals surface area contributed by atoms with E-state index in [4.69, 9.17) is 5.73 Å². The van der Waals surface area contributed by atoms with Crippen molar-refractivity contribution in [3.8, 4) is 0 Å². The Bertz CT molecular complexity index is 241. The summed E-state index contributed by atoms with van der Waals surface area (Å²) in [5.41, 5.74) is 5.69. The molecule has 1 atom stereocenters. The molecule has 0 aliphatic heterocycles. The van der Waals surface area contributed by atoms with Crippen LogP contribution in [0.4, 0.5) is 0 Å². The highest BCUT2D eigenvalue weighted by Crippen LogP contribution is 2.29. The summed E-state index contributed by atoms with van der Waals surface area (Å²) in [6.45, 7) is 5.12. The molecular weight excluding hydrogens is 224 g/mol. The van der Waals surface area contributed by atoms with Crippen LogP contribution in [0.15, 0.2) is 0 Å². The predicted molar refractivity (Wildman–Crippen MR) is 76.3 cm³/mol. The van der Waals surface area contributed by atoms with Gasteiger partial charge in [0, 0.05) is 12.0 Å². The lowest BCUT2D eigenvalue weighted by atomic mass is 9.93. The third-order valence-corrected chi connectivity index (χ3v) is 4.20. The number of rotatable bonds is 8. The Kier molecular flexibility index (Phi) is 6.69. The van der Waals surface area contributed by atoms with Crippen LogP contribution in [0.2, 0.25) is 0 Å². The third kappa shape index (κ3) is 5.38. The molecule has 1 fully saturated rings. The maximum absolute atomic E-state index is 12.0. The van der Waals surface area contributed by atoms with Gasteiger partial charge in [-0.2, -0.15) is 0 Å². The molecule has 1 saturated carbocycles. The number of hydrogen-bond acceptors (Lipinski definition) is 2. The largest absolute Gasteiger partial charge is 0.351 e. The molecule has 1 aliphatic rings. The van der Waals surface area contributed by atoms with Crippen LogP contribution in [0.3, 0.4) is 0 Å². The number of hydrogen-bond donors (Lipinski definition) is 2. The maximum Gasteiger partial charge on any atom is 0.220 e. The quantitative estimate of drug-likeness (QED) is 0.699. The minimum atomic E-state index is 0.0746. The molecule has 1 rings (SSSR count). The molecule has 1 amide bonds. The standard InChI is InChI=1S/C15H30N2O/c1-3-6-13(9-12-16)7-8-14(18)17-15(2)10-4-5-11-15/h13H,3-12,16H2,1-2H3,(H,17,18). The van der Waals surface area contributed by atoms with Crippen LogP contribution in [-0.4, -0.2) is 18.0 Å². The average molecular weight is 254 g/mol. The highest BCUT2D eigenvalue weighted by atomic mass is 16.1. The average Bonchev–Trinajstić information content (AvgIpc) is 2.73. The molecule has 1 unspecified atom stereocenters. The highest BCUT2D eigenvalue weighted by molar-refractivity contribution is 5.76. The molecule has 106 valence electrons. The van der Waals surface area contributed by atoms with Gasteiger partial charge in [0.2, 0.25) is 5.91 Å². The fourth-order valence-electron chi connectivity index (χ4n) is 3.09. The summed E-state index contributed by atoms with van der Waals surface area (Å²) in [4.78, 5) is 12.0. The van der Waals surface area contributed by atoms with Gasteiger partial charge in [0.05, 0.1) is 0 Å². The van der Waals surface area contributed by atoms with Crippen molar-refractivity contribution in [1.29, 1.82) is 0 Å². The molecule has 0 radical (unpaired) electrons. The van der Waals surface area contributed by atoms with Gasteiger partial charge in [0.1, 0.15) is 0 Å². The molecule has 0 spiro atoms. The van der Waals surface area contributed by atoms with Crippen molar-refractivity contribution in [2.45, 2.75) is 77.2 Å². The highest BCUT2D eigenvalue weighted by Gasteiger charge is 2.29. The van der Waals surface area contributed by atoms with Gasteiger partial charge in [0.25, 0.3) is 0 Å². The Hall–Kier alpha value is -0.570. The van der Waals surface area contributed by atoms with E-state index in [9.17, 15) is 4.79 Å². The summed E-state index contributed by atoms with van der Waals surface area (Å²) in [7, 11) is 0. The maximum atomic E-state index is 12.0. The monoisotopic (exact) mass is 254 g/mol. The van der Waals surface area contributed by atoms with Crippen molar-refractivity contribution in [3.63, 3.8) is 0 Å². The van der Waals surface area contributed by atoms with Crippen LogP contribution in [0.1, 0.15) is 71.6 Å². The second-order valence-electron chi connectivity index (χ2n) is 6.09. The summed E-state index contributed by atoms with van der Waals surface area (Å²) in [6.07, 6.45) is 9.88. The minimum absolute atomic E-state index is 0.0746. The summed E-state index contributed by atoms with van der Waals surface area (Å²) in [5, 5.41) is 3.22. The predicted octanol–water partition coefficient (Wildman–Crippen LogP) is 2.98. The van der Waals surface area contributed by atoms with E-state index in [2.05, 4.69) is 19.2 Å². The summed E-state index contributed by atoms with van der Waals surface area (Å²) in [5.74, 6) is 0.861. The zero-order chi connectivity index (χ0) is 13.4. The SMILES string of the molecule is CCCC(CCN)CCC(=O)NC1(C)CCCC1. The van der Waals surface area contributed by atoms with Gasteiger partial charge in [-0.05, 0) is 45.1 Å². The second-order valence-corrected chi connectivity index (χ2v) is 6.09. The van der Waals surface area contributed by atoms with Crippen LogP contribution >= 0.6 is 0 Å². The van der Waals surface area contributed by atoms with Gasteiger partial charge in [-0.3, -0.25) is 4.79 Å². The van der Waals surface area contributed by atoms with Crippen molar-refractivity contribution in [3.05, 3.63) is 0 Å². The Morgan fingerprint density at radius 2 is 1.94 bits per heavy atom. The van der Waals surface area contributed by atoms with E-state index in [1.165, 1.54) is 25.7 Å². The molecule has 3 N–H and O–H groups in total. The fraction of sp³-hybridized carbons (Fsp3) is 0.933. The van der Waals surface area contributed by atoms with E-state index in [1.807, 2.05) is 0 Å². The third-order valence-electron chi connectivity index (χ3n) is 4.20. The summed E-state index contributed by atoms with van der Waals surface area (Å²) in [6, 6.07) is 0. The lowest BCUT2D eigenvalue weighted by molar-refractivity contribution is -0.123. The van der Waals surface area contributed by atoms with E-state index >= 15 is 0 Å². The first kappa shape index (κ1) is 15.5. The van der Waals surface area contributed by atoms with E-state index in [0.717, 1.165) is 32.2 Å². The fourth-order valence-corrected chi connectivity index (χ4v) is 3.09. The first-order chi connectivity index (χ1) is 8.59. The molecule has 0 aromatic heterocycles. The van der Waals surface area contributed by atoms with E-state index in [-0.39, 0.29) is 11.4 Å². The first-order valence-corrected chi connectivity index (χ1v) is 7.60. The molecule has 0 aromatic carbocycles. The van der Waals surface area contributed by atoms with Crippen molar-refractivity contribution in [1.82, 2.24) is 5.32 Å². The Balaban J connectivity index is 2.26. The number of carbonyl (C=O) groups is 1. The molecule has 0 aromatic rings. The van der Waals surface area contributed by atoms with Gasteiger partial charge in [-0.15, -0.1) is 0 Å². The van der Waals surface area contributed by atoms with Crippen molar-refractivity contribution in [2.24, 2.45) is 11.7 Å². The van der Waals surface area contributed by atoms with Crippen LogP contribution in [0.25, 0.3) is 0 Å². The molecule has 3 nitrogen and oxygen atoms in total. The first-order valence-electron chi connectivity index (χ1n) is 7.60. The Morgan fingerprint density at radius 1 is 1.28 bits per heavy atom. The van der Waals surface area contributed by atoms with E-state index < -0.39 is 0 Å². The van der Waals surface area contributed by atoms with Gasteiger partial charge in [-0.25, -0.2) is 0 Å². The molecular formula is C15H30N2O. The van der Waals surface area contributed by atoms with Gasteiger partial charge < -0.3 is 11.1 Å². The van der Waals surface area contributed by atoms with Crippen LogP contribution < -0.4 is 11.1 Å². The van der Waals surface area contributed by atoms with E-state index in [1.54, 1.807) is 0 Å². The number of amides is 1. The topological polar surface area (TPSA) is 55.1 Å². The zero-order valence-corrected chi connectivity index (χ0v) is 12.1. The van der Waals surface area contributed by atoms with Gasteiger partial charge >= 0.3 is 0 Å². The van der Waals surface area contributed by atoms with Crippen LogP contribution in [0.5, 0.6) is 0 Å². The van der Waals surface area contributed by atoms with Crippen molar-refractivity contribution in [2.75, 3.05) is 6.54 Å². The molecule has 0 bridgehead atoms. The Labute approximate surface area is 112 Å². The van der Waals surface area contributed by atoms with Crippen LogP contribution in [0, 0.1) is 5.92 Å². The second kappa shape index (κ2) is 7.78. The Morgan fingerprint density at radius 3 is 2.50 bits per heavy atom. The van der Waals surface area contributed by atoms with Crippen molar-refractivity contribution < 1.29 is 4.79 Å². The molecule has 18 heavy (non-hydrogen) atoms. The summed E-state index contributed by atoms with van der Waals surface area (Å²) >= 11 is 0. The van der Waals surface area contributed by atoms with E-state index in [0.29, 0.717) is 12.3 Å². The number of carbonyl (C=O) groups excluding carboxylic acids is 1. The van der Waals surface area contributed by atoms with Crippen molar-refractivity contribution >= 4 is 5.91 Å². The van der Waals surface area contributed by atoms with Gasteiger partial charge in [0.15, 0.2) is 0 Å². The lowest BCUT2D eigenvalue weighted by Crippen LogP contribution is -2.43. The number of nitrogens with one attached hydrogen (secondary N) is 1. The smallest absolute Gasteiger partial charge is 0.220 e. The minimum Gasteiger partial charge on any atom is -0.351 e. The zero-order valence-electron chi connectivity index (χ0n) is 12.1.